The Labute approximate surface area is 151 Å². The zero-order valence-corrected chi connectivity index (χ0v) is 14.4. The van der Waals surface area contributed by atoms with Gasteiger partial charge in [-0.15, -0.1) is 0 Å². The van der Waals surface area contributed by atoms with E-state index < -0.39 is 24.0 Å². The van der Waals surface area contributed by atoms with Crippen LogP contribution < -0.4 is 5.32 Å². The number of aliphatic carboxylic acids is 1. The molecule has 2 N–H and O–H groups in total. The van der Waals surface area contributed by atoms with Gasteiger partial charge in [0.2, 0.25) is 6.10 Å². The fourth-order valence-corrected chi connectivity index (χ4v) is 2.75. The van der Waals surface area contributed by atoms with Crippen LogP contribution in [0.2, 0.25) is 0 Å². The van der Waals surface area contributed by atoms with E-state index in [1.807, 2.05) is 61.5 Å². The number of benzene rings is 2. The highest BCUT2D eigenvalue weighted by atomic mass is 16.6. The van der Waals surface area contributed by atoms with Gasteiger partial charge in [0.15, 0.2) is 0 Å². The van der Waals surface area contributed by atoms with E-state index in [1.54, 1.807) is 0 Å². The number of carbonyl (C=O) groups excluding carboxylic acids is 1. The van der Waals surface area contributed by atoms with E-state index >= 15 is 0 Å². The van der Waals surface area contributed by atoms with Gasteiger partial charge >= 0.3 is 5.97 Å². The molecule has 134 valence electrons. The lowest BCUT2D eigenvalue weighted by atomic mass is 10.0. The van der Waals surface area contributed by atoms with Gasteiger partial charge in [-0.2, -0.15) is 0 Å². The maximum atomic E-state index is 12.4. The second-order valence-corrected chi connectivity index (χ2v) is 6.29. The topological polar surface area (TPSA) is 88.0 Å². The van der Waals surface area contributed by atoms with Gasteiger partial charge in [0.1, 0.15) is 6.04 Å². The van der Waals surface area contributed by atoms with Crippen molar-refractivity contribution in [2.45, 2.75) is 31.9 Å². The molecule has 0 fully saturated rings. The van der Waals surface area contributed by atoms with E-state index in [9.17, 15) is 14.7 Å². The number of nitrogens with one attached hydrogen (secondary N) is 1. The van der Waals surface area contributed by atoms with Crippen LogP contribution in [0.15, 0.2) is 59.8 Å². The van der Waals surface area contributed by atoms with E-state index in [0.29, 0.717) is 12.1 Å². The molecule has 6 heteroatoms. The molecule has 0 spiro atoms. The summed E-state index contributed by atoms with van der Waals surface area (Å²) in [6.07, 6.45) is -0.295. The van der Waals surface area contributed by atoms with Gasteiger partial charge in [-0.1, -0.05) is 65.3 Å². The number of carbonyl (C=O) groups is 2. The molecule has 1 aliphatic rings. The summed E-state index contributed by atoms with van der Waals surface area (Å²) in [4.78, 5) is 29.1. The van der Waals surface area contributed by atoms with Crippen LogP contribution in [0.25, 0.3) is 0 Å². The molecule has 26 heavy (non-hydrogen) atoms. The summed E-state index contributed by atoms with van der Waals surface area (Å²) in [6, 6.07) is 15.9. The Morgan fingerprint density at radius 1 is 1.19 bits per heavy atom. The molecule has 6 nitrogen and oxygen atoms in total. The molecule has 0 bridgehead atoms. The van der Waals surface area contributed by atoms with Crippen LogP contribution in [-0.4, -0.2) is 34.8 Å². The van der Waals surface area contributed by atoms with Crippen molar-refractivity contribution in [3.8, 4) is 0 Å². The molecular formula is C20H20N2O4. The monoisotopic (exact) mass is 352 g/mol. The summed E-state index contributed by atoms with van der Waals surface area (Å²) in [6.45, 7) is 1.99. The Bertz CT molecular complexity index is 815. The van der Waals surface area contributed by atoms with Crippen molar-refractivity contribution in [3.05, 3.63) is 71.3 Å². The zero-order chi connectivity index (χ0) is 18.5. The Morgan fingerprint density at radius 2 is 1.88 bits per heavy atom. The van der Waals surface area contributed by atoms with E-state index in [-0.39, 0.29) is 6.42 Å². The number of carboxylic acid groups (broad SMARTS) is 1. The van der Waals surface area contributed by atoms with Crippen LogP contribution >= 0.6 is 0 Å². The summed E-state index contributed by atoms with van der Waals surface area (Å²) < 4.78 is 0. The highest BCUT2D eigenvalue weighted by Gasteiger charge is 2.31. The Morgan fingerprint density at radius 3 is 2.54 bits per heavy atom. The Kier molecular flexibility index (Phi) is 5.31. The number of oxime groups is 1. The SMILES string of the molecule is Cc1ccc(C2=NO[C@H](C(=O)N[C@@H](Cc3ccccc3)C(=O)O)C2)cc1. The first-order valence-electron chi connectivity index (χ1n) is 8.40. The van der Waals surface area contributed by atoms with Gasteiger partial charge < -0.3 is 15.3 Å². The van der Waals surface area contributed by atoms with Crippen molar-refractivity contribution >= 4 is 17.6 Å². The number of carboxylic acids is 1. The van der Waals surface area contributed by atoms with Crippen molar-refractivity contribution in [1.29, 1.82) is 0 Å². The van der Waals surface area contributed by atoms with Crippen molar-refractivity contribution in [3.63, 3.8) is 0 Å². The Balaban J connectivity index is 1.60. The van der Waals surface area contributed by atoms with E-state index in [4.69, 9.17) is 4.84 Å². The normalized spacial score (nSPS) is 17.1. The lowest BCUT2D eigenvalue weighted by molar-refractivity contribution is -0.143. The molecule has 3 rings (SSSR count). The summed E-state index contributed by atoms with van der Waals surface area (Å²) in [7, 11) is 0. The average Bonchev–Trinajstić information content (AvgIpc) is 3.13. The number of nitrogens with zero attached hydrogens (tertiary/aromatic N) is 1. The highest BCUT2D eigenvalue weighted by Crippen LogP contribution is 2.18. The van der Waals surface area contributed by atoms with Crippen LogP contribution in [0.4, 0.5) is 0 Å². The summed E-state index contributed by atoms with van der Waals surface area (Å²) in [5, 5.41) is 15.9. The van der Waals surface area contributed by atoms with Crippen molar-refractivity contribution in [1.82, 2.24) is 5.32 Å². The second kappa shape index (κ2) is 7.82. The van der Waals surface area contributed by atoms with Crippen LogP contribution in [-0.2, 0) is 20.8 Å². The molecule has 0 aromatic heterocycles. The number of aryl methyl sites for hydroxylation is 1. The molecule has 0 unspecified atom stereocenters. The first kappa shape index (κ1) is 17.7. The lowest BCUT2D eigenvalue weighted by Gasteiger charge is -2.16. The number of hydrogen-bond acceptors (Lipinski definition) is 4. The van der Waals surface area contributed by atoms with Gasteiger partial charge in [0, 0.05) is 12.8 Å². The van der Waals surface area contributed by atoms with Crippen molar-refractivity contribution < 1.29 is 19.5 Å². The van der Waals surface area contributed by atoms with Crippen LogP contribution in [0.1, 0.15) is 23.1 Å². The molecular weight excluding hydrogens is 332 g/mol. The summed E-state index contributed by atoms with van der Waals surface area (Å²) in [5.74, 6) is -1.56. The molecule has 1 heterocycles. The maximum Gasteiger partial charge on any atom is 0.326 e. The minimum Gasteiger partial charge on any atom is -0.480 e. The van der Waals surface area contributed by atoms with Crippen molar-refractivity contribution in [2.24, 2.45) is 5.16 Å². The zero-order valence-electron chi connectivity index (χ0n) is 14.4. The van der Waals surface area contributed by atoms with Crippen LogP contribution in [0.3, 0.4) is 0 Å². The van der Waals surface area contributed by atoms with Gasteiger partial charge in [-0.05, 0) is 18.1 Å². The summed E-state index contributed by atoms with van der Waals surface area (Å²) in [5.41, 5.74) is 3.54. The largest absolute Gasteiger partial charge is 0.480 e. The van der Waals surface area contributed by atoms with Gasteiger partial charge in [-0.3, -0.25) is 4.79 Å². The fraction of sp³-hybridized carbons (Fsp3) is 0.250. The average molecular weight is 352 g/mol. The molecule has 2 atom stereocenters. The molecule has 2 aromatic rings. The molecule has 1 aliphatic heterocycles. The van der Waals surface area contributed by atoms with E-state index in [1.165, 1.54) is 0 Å². The molecule has 0 saturated carbocycles. The minimum absolute atomic E-state index is 0.209. The number of hydrogen-bond donors (Lipinski definition) is 2. The van der Waals surface area contributed by atoms with Gasteiger partial charge in [0.05, 0.1) is 5.71 Å². The van der Waals surface area contributed by atoms with Gasteiger partial charge in [0.25, 0.3) is 5.91 Å². The summed E-state index contributed by atoms with van der Waals surface area (Å²) >= 11 is 0. The lowest BCUT2D eigenvalue weighted by Crippen LogP contribution is -2.46. The highest BCUT2D eigenvalue weighted by molar-refractivity contribution is 6.04. The first-order valence-corrected chi connectivity index (χ1v) is 8.40. The fourth-order valence-electron chi connectivity index (χ4n) is 2.75. The Hall–Kier alpha value is -3.15. The maximum absolute atomic E-state index is 12.4. The number of rotatable bonds is 6. The van der Waals surface area contributed by atoms with E-state index in [2.05, 4.69) is 10.5 Å². The standard InChI is InChI=1S/C20H20N2O4/c1-13-7-9-15(10-8-13)16-12-18(26-22-16)19(23)21-17(20(24)25)11-14-5-3-2-4-6-14/h2-10,17-18H,11-12H2,1H3,(H,21,23)(H,24,25)/t17-,18-/m0/s1. The smallest absolute Gasteiger partial charge is 0.326 e. The van der Waals surface area contributed by atoms with Crippen molar-refractivity contribution in [2.75, 3.05) is 0 Å². The third-order valence-corrected chi connectivity index (χ3v) is 4.24. The predicted molar refractivity (Wildman–Crippen MR) is 96.9 cm³/mol. The molecule has 0 saturated heterocycles. The first-order chi connectivity index (χ1) is 12.5. The third kappa shape index (κ3) is 4.27. The molecule has 0 radical (unpaired) electrons. The predicted octanol–water partition coefficient (Wildman–Crippen LogP) is 2.30. The quantitative estimate of drug-likeness (QED) is 0.835. The third-order valence-electron chi connectivity index (χ3n) is 4.24. The van der Waals surface area contributed by atoms with Gasteiger partial charge in [-0.25, -0.2) is 4.79 Å². The molecule has 0 aliphatic carbocycles. The number of amides is 1. The van der Waals surface area contributed by atoms with E-state index in [0.717, 1.165) is 16.7 Å². The van der Waals surface area contributed by atoms with Crippen LogP contribution in [0.5, 0.6) is 0 Å². The van der Waals surface area contributed by atoms with Crippen LogP contribution in [0, 0.1) is 6.92 Å². The molecule has 2 aromatic carbocycles. The minimum atomic E-state index is -1.08. The molecule has 1 amide bonds. The second-order valence-electron chi connectivity index (χ2n) is 6.29.